The summed E-state index contributed by atoms with van der Waals surface area (Å²) >= 11 is 0. The Hall–Kier alpha value is -1.16. The van der Waals surface area contributed by atoms with E-state index in [1.54, 1.807) is 0 Å². The largest absolute Gasteiger partial charge is 0.383 e. The van der Waals surface area contributed by atoms with Crippen LogP contribution in [0, 0.1) is 0 Å². The molecule has 0 unspecified atom stereocenters. The lowest BCUT2D eigenvalue weighted by Gasteiger charge is -2.25. The Balaban J connectivity index is 2.43. The Kier molecular flexibility index (Phi) is 2.61. The Morgan fingerprint density at radius 2 is 2.07 bits per heavy atom. The van der Waals surface area contributed by atoms with Crippen LogP contribution in [0.5, 0.6) is 0 Å². The molecule has 0 atom stereocenters. The Morgan fingerprint density at radius 3 is 2.73 bits per heavy atom. The molecule has 0 fully saturated rings. The van der Waals surface area contributed by atoms with Crippen molar-refractivity contribution in [3.63, 3.8) is 0 Å². The first-order valence-electron chi connectivity index (χ1n) is 5.41. The van der Waals surface area contributed by atoms with Crippen molar-refractivity contribution >= 4 is 5.82 Å². The van der Waals surface area contributed by atoms with Gasteiger partial charge in [0, 0.05) is 31.0 Å². The molecular weight excluding hydrogens is 188 g/mol. The second kappa shape index (κ2) is 3.77. The van der Waals surface area contributed by atoms with Gasteiger partial charge in [-0.25, -0.2) is 9.97 Å². The molecule has 0 spiro atoms. The van der Waals surface area contributed by atoms with Crippen LogP contribution in [0.4, 0.5) is 5.82 Å². The summed E-state index contributed by atoms with van der Waals surface area (Å²) in [4.78, 5) is 11.2. The number of rotatable bonds is 1. The molecule has 1 aliphatic heterocycles. The van der Waals surface area contributed by atoms with Crippen LogP contribution in [0.25, 0.3) is 0 Å². The molecule has 1 aliphatic rings. The molecular formula is C11H18N4. The number of likely N-dealkylation sites (N-methyl/N-ethyl adjacent to an activating group) is 1. The minimum absolute atomic E-state index is 0.345. The summed E-state index contributed by atoms with van der Waals surface area (Å²) < 4.78 is 0. The highest BCUT2D eigenvalue weighted by Gasteiger charge is 2.19. The smallest absolute Gasteiger partial charge is 0.133 e. The van der Waals surface area contributed by atoms with Gasteiger partial charge in [-0.15, -0.1) is 0 Å². The maximum Gasteiger partial charge on any atom is 0.133 e. The van der Waals surface area contributed by atoms with E-state index in [9.17, 15) is 0 Å². The number of nitrogen functional groups attached to an aromatic ring is 1. The monoisotopic (exact) mass is 206 g/mol. The lowest BCUT2D eigenvalue weighted by atomic mass is 10.1. The van der Waals surface area contributed by atoms with Gasteiger partial charge in [0.05, 0.1) is 5.69 Å². The van der Waals surface area contributed by atoms with Crippen molar-refractivity contribution in [1.29, 1.82) is 0 Å². The summed E-state index contributed by atoms with van der Waals surface area (Å²) in [6, 6.07) is 0. The normalized spacial score (nSPS) is 16.8. The predicted molar refractivity (Wildman–Crippen MR) is 60.6 cm³/mol. The van der Waals surface area contributed by atoms with Crippen LogP contribution in [-0.2, 0) is 13.0 Å². The van der Waals surface area contributed by atoms with Crippen molar-refractivity contribution in [1.82, 2.24) is 14.9 Å². The van der Waals surface area contributed by atoms with E-state index in [0.717, 1.165) is 36.6 Å². The van der Waals surface area contributed by atoms with Crippen LogP contribution >= 0.6 is 0 Å². The Bertz CT molecular complexity index is 373. The summed E-state index contributed by atoms with van der Waals surface area (Å²) in [5.41, 5.74) is 8.23. The van der Waals surface area contributed by atoms with Gasteiger partial charge in [0.25, 0.3) is 0 Å². The maximum absolute atomic E-state index is 5.96. The van der Waals surface area contributed by atoms with Gasteiger partial charge in [-0.05, 0) is 7.05 Å². The van der Waals surface area contributed by atoms with Crippen LogP contribution in [0.15, 0.2) is 0 Å². The molecule has 1 aromatic heterocycles. The first kappa shape index (κ1) is 10.4. The van der Waals surface area contributed by atoms with Crippen molar-refractivity contribution in [3.05, 3.63) is 17.1 Å². The summed E-state index contributed by atoms with van der Waals surface area (Å²) in [6.07, 6.45) is 0.984. The fourth-order valence-corrected chi connectivity index (χ4v) is 1.85. The van der Waals surface area contributed by atoms with Gasteiger partial charge < -0.3 is 10.6 Å². The summed E-state index contributed by atoms with van der Waals surface area (Å²) in [6.45, 7) is 6.12. The predicted octanol–water partition coefficient (Wildman–Crippen LogP) is 1.17. The van der Waals surface area contributed by atoms with Crippen LogP contribution in [0.3, 0.4) is 0 Å². The summed E-state index contributed by atoms with van der Waals surface area (Å²) in [5.74, 6) is 1.88. The molecule has 0 aromatic carbocycles. The second-order valence-corrected chi connectivity index (χ2v) is 4.53. The molecule has 0 saturated heterocycles. The molecule has 4 nitrogen and oxygen atoms in total. The number of hydrogen-bond donors (Lipinski definition) is 1. The van der Waals surface area contributed by atoms with Crippen molar-refractivity contribution in [2.24, 2.45) is 0 Å². The van der Waals surface area contributed by atoms with E-state index in [2.05, 4.69) is 35.8 Å². The van der Waals surface area contributed by atoms with Crippen LogP contribution in [0.2, 0.25) is 0 Å². The van der Waals surface area contributed by atoms with E-state index in [0.29, 0.717) is 11.7 Å². The van der Waals surface area contributed by atoms with Gasteiger partial charge in [-0.2, -0.15) is 0 Å². The van der Waals surface area contributed by atoms with E-state index < -0.39 is 0 Å². The second-order valence-electron chi connectivity index (χ2n) is 4.53. The Morgan fingerprint density at radius 1 is 1.33 bits per heavy atom. The molecule has 0 bridgehead atoms. The lowest BCUT2D eigenvalue weighted by Crippen LogP contribution is -2.29. The highest BCUT2D eigenvalue weighted by Crippen LogP contribution is 2.22. The topological polar surface area (TPSA) is 55.0 Å². The maximum atomic E-state index is 5.96. The third-order valence-corrected chi connectivity index (χ3v) is 2.82. The standard InChI is InChI=1S/C11H18N4/c1-7(2)11-13-9-4-5-15(3)6-8(9)10(12)14-11/h7H,4-6H2,1-3H3,(H2,12,13,14). The first-order valence-corrected chi connectivity index (χ1v) is 5.41. The average molecular weight is 206 g/mol. The highest BCUT2D eigenvalue weighted by molar-refractivity contribution is 5.43. The van der Waals surface area contributed by atoms with E-state index in [4.69, 9.17) is 5.73 Å². The van der Waals surface area contributed by atoms with Gasteiger partial charge in [0.1, 0.15) is 11.6 Å². The number of aromatic nitrogens is 2. The van der Waals surface area contributed by atoms with E-state index >= 15 is 0 Å². The van der Waals surface area contributed by atoms with Gasteiger partial charge in [0.2, 0.25) is 0 Å². The highest BCUT2D eigenvalue weighted by atomic mass is 15.1. The lowest BCUT2D eigenvalue weighted by molar-refractivity contribution is 0.309. The molecule has 1 aromatic rings. The van der Waals surface area contributed by atoms with Gasteiger partial charge in [-0.3, -0.25) is 0 Å². The van der Waals surface area contributed by atoms with Crippen molar-refractivity contribution in [2.75, 3.05) is 19.3 Å². The molecule has 0 radical (unpaired) electrons. The number of nitrogens with zero attached hydrogens (tertiary/aromatic N) is 3. The number of hydrogen-bond acceptors (Lipinski definition) is 4. The van der Waals surface area contributed by atoms with Crippen molar-refractivity contribution < 1.29 is 0 Å². The quantitative estimate of drug-likeness (QED) is 0.749. The number of fused-ring (bicyclic) bond motifs is 1. The van der Waals surface area contributed by atoms with E-state index in [1.165, 1.54) is 0 Å². The van der Waals surface area contributed by atoms with Gasteiger partial charge >= 0.3 is 0 Å². The molecule has 2 N–H and O–H groups in total. The molecule has 0 aliphatic carbocycles. The van der Waals surface area contributed by atoms with Crippen molar-refractivity contribution in [2.45, 2.75) is 32.7 Å². The third-order valence-electron chi connectivity index (χ3n) is 2.82. The third kappa shape index (κ3) is 1.95. The average Bonchev–Trinajstić information content (AvgIpc) is 2.18. The number of nitrogens with two attached hydrogens (primary N) is 1. The van der Waals surface area contributed by atoms with E-state index in [1.807, 2.05) is 0 Å². The SMILES string of the molecule is CC(C)c1nc(N)c2c(n1)CCN(C)C2. The minimum atomic E-state index is 0.345. The molecule has 4 heteroatoms. The number of anilines is 1. The Labute approximate surface area is 90.5 Å². The molecule has 0 saturated carbocycles. The molecule has 82 valence electrons. The molecule has 2 rings (SSSR count). The zero-order valence-electron chi connectivity index (χ0n) is 9.62. The van der Waals surface area contributed by atoms with Crippen LogP contribution in [-0.4, -0.2) is 28.5 Å². The summed E-state index contributed by atoms with van der Waals surface area (Å²) in [5, 5.41) is 0. The zero-order valence-corrected chi connectivity index (χ0v) is 9.62. The molecule has 15 heavy (non-hydrogen) atoms. The fourth-order valence-electron chi connectivity index (χ4n) is 1.85. The minimum Gasteiger partial charge on any atom is -0.383 e. The van der Waals surface area contributed by atoms with Crippen LogP contribution in [0.1, 0.15) is 36.8 Å². The first-order chi connectivity index (χ1) is 7.08. The summed E-state index contributed by atoms with van der Waals surface area (Å²) in [7, 11) is 2.10. The fraction of sp³-hybridized carbons (Fsp3) is 0.636. The van der Waals surface area contributed by atoms with E-state index in [-0.39, 0.29) is 0 Å². The van der Waals surface area contributed by atoms with Crippen LogP contribution < -0.4 is 5.73 Å². The molecule has 0 amide bonds. The van der Waals surface area contributed by atoms with Gasteiger partial charge in [-0.1, -0.05) is 13.8 Å². The van der Waals surface area contributed by atoms with Gasteiger partial charge in [0.15, 0.2) is 0 Å². The molecule has 2 heterocycles. The van der Waals surface area contributed by atoms with Crippen molar-refractivity contribution in [3.8, 4) is 0 Å². The zero-order chi connectivity index (χ0) is 11.0.